The molecule has 0 aromatic rings. The molecule has 0 aliphatic heterocycles. The summed E-state index contributed by atoms with van der Waals surface area (Å²) >= 11 is 0. The van der Waals surface area contributed by atoms with E-state index in [2.05, 4.69) is 13.8 Å². The number of nitrogens with two attached hydrogens (primary N) is 1. The molecule has 0 bridgehead atoms. The van der Waals surface area contributed by atoms with Crippen molar-refractivity contribution >= 4 is 5.91 Å². The van der Waals surface area contributed by atoms with Crippen LogP contribution in [0.4, 0.5) is 0 Å². The number of hydrogen-bond donors (Lipinski definition) is 1. The monoisotopic (exact) mass is 200 g/mol. The van der Waals surface area contributed by atoms with Crippen LogP contribution >= 0.6 is 0 Å². The first kappa shape index (κ1) is 13.4. The Morgan fingerprint density at radius 1 is 1.29 bits per heavy atom. The highest BCUT2D eigenvalue weighted by Gasteiger charge is 2.16. The second-order valence-electron chi connectivity index (χ2n) is 4.78. The Kier molecular flexibility index (Phi) is 5.77. The van der Waals surface area contributed by atoms with E-state index < -0.39 is 0 Å². The number of amides is 1. The topological polar surface area (TPSA) is 46.3 Å². The standard InChI is InChI=1S/C11H24N2O/c1-8(2)7-13(5)11(14)6-10(12)9(3)4/h8-10H,6-7,12H2,1-5H3. The van der Waals surface area contributed by atoms with Gasteiger partial charge in [-0.1, -0.05) is 27.7 Å². The average Bonchev–Trinajstić information content (AvgIpc) is 2.02. The predicted molar refractivity (Wildman–Crippen MR) is 59.9 cm³/mol. The van der Waals surface area contributed by atoms with Gasteiger partial charge in [0, 0.05) is 26.1 Å². The molecule has 0 heterocycles. The maximum Gasteiger partial charge on any atom is 0.223 e. The van der Waals surface area contributed by atoms with Crippen LogP contribution in [0.3, 0.4) is 0 Å². The summed E-state index contributed by atoms with van der Waals surface area (Å²) in [7, 11) is 1.84. The molecule has 84 valence electrons. The van der Waals surface area contributed by atoms with Gasteiger partial charge in [0.05, 0.1) is 0 Å². The third kappa shape index (κ3) is 5.22. The van der Waals surface area contributed by atoms with Gasteiger partial charge in [0.15, 0.2) is 0 Å². The minimum atomic E-state index is -0.0166. The van der Waals surface area contributed by atoms with E-state index in [1.807, 2.05) is 20.9 Å². The molecule has 0 rings (SSSR count). The average molecular weight is 200 g/mol. The molecule has 0 radical (unpaired) electrons. The maximum absolute atomic E-state index is 11.6. The van der Waals surface area contributed by atoms with Crippen molar-refractivity contribution in [3.8, 4) is 0 Å². The Balaban J connectivity index is 3.95. The molecular formula is C11H24N2O. The van der Waals surface area contributed by atoms with Crippen LogP contribution in [0.5, 0.6) is 0 Å². The lowest BCUT2D eigenvalue weighted by Gasteiger charge is -2.22. The summed E-state index contributed by atoms with van der Waals surface area (Å²) in [4.78, 5) is 13.4. The summed E-state index contributed by atoms with van der Waals surface area (Å²) < 4.78 is 0. The normalized spacial score (nSPS) is 13.4. The van der Waals surface area contributed by atoms with E-state index in [9.17, 15) is 4.79 Å². The van der Waals surface area contributed by atoms with E-state index in [-0.39, 0.29) is 11.9 Å². The molecule has 0 aliphatic rings. The summed E-state index contributed by atoms with van der Waals surface area (Å²) in [6.45, 7) is 9.10. The SMILES string of the molecule is CC(C)CN(C)C(=O)CC(N)C(C)C. The molecule has 0 fully saturated rings. The maximum atomic E-state index is 11.6. The van der Waals surface area contributed by atoms with Gasteiger partial charge in [0.25, 0.3) is 0 Å². The fourth-order valence-corrected chi connectivity index (χ4v) is 1.24. The number of carbonyl (C=O) groups is 1. The molecule has 1 unspecified atom stereocenters. The predicted octanol–water partition coefficient (Wildman–Crippen LogP) is 1.47. The van der Waals surface area contributed by atoms with Crippen molar-refractivity contribution in [3.05, 3.63) is 0 Å². The number of nitrogens with zero attached hydrogens (tertiary/aromatic N) is 1. The van der Waals surface area contributed by atoms with Crippen molar-refractivity contribution in [2.75, 3.05) is 13.6 Å². The Hall–Kier alpha value is -0.570. The molecular weight excluding hydrogens is 176 g/mol. The summed E-state index contributed by atoms with van der Waals surface area (Å²) in [5.41, 5.74) is 5.84. The van der Waals surface area contributed by atoms with Gasteiger partial charge >= 0.3 is 0 Å². The van der Waals surface area contributed by atoms with Crippen LogP contribution in [-0.2, 0) is 4.79 Å². The number of carbonyl (C=O) groups excluding carboxylic acids is 1. The van der Waals surface area contributed by atoms with Gasteiger partial charge in [-0.2, -0.15) is 0 Å². The van der Waals surface area contributed by atoms with Crippen molar-refractivity contribution in [2.45, 2.75) is 40.2 Å². The van der Waals surface area contributed by atoms with E-state index >= 15 is 0 Å². The van der Waals surface area contributed by atoms with E-state index in [1.165, 1.54) is 0 Å². The quantitative estimate of drug-likeness (QED) is 0.730. The first-order chi connectivity index (χ1) is 6.34. The zero-order valence-corrected chi connectivity index (χ0v) is 10.1. The van der Waals surface area contributed by atoms with E-state index in [1.54, 1.807) is 4.90 Å². The first-order valence-corrected chi connectivity index (χ1v) is 5.34. The first-order valence-electron chi connectivity index (χ1n) is 5.34. The van der Waals surface area contributed by atoms with Gasteiger partial charge in [-0.25, -0.2) is 0 Å². The highest BCUT2D eigenvalue weighted by atomic mass is 16.2. The van der Waals surface area contributed by atoms with E-state index in [4.69, 9.17) is 5.73 Å². The Morgan fingerprint density at radius 3 is 2.14 bits per heavy atom. The Labute approximate surface area is 87.6 Å². The fourth-order valence-electron chi connectivity index (χ4n) is 1.24. The van der Waals surface area contributed by atoms with Crippen LogP contribution in [0.15, 0.2) is 0 Å². The molecule has 3 heteroatoms. The molecule has 0 aromatic carbocycles. The number of rotatable bonds is 5. The van der Waals surface area contributed by atoms with Gasteiger partial charge in [-0.3, -0.25) is 4.79 Å². The van der Waals surface area contributed by atoms with Crippen LogP contribution in [-0.4, -0.2) is 30.4 Å². The van der Waals surface area contributed by atoms with Crippen molar-refractivity contribution in [1.29, 1.82) is 0 Å². The minimum absolute atomic E-state index is 0.0166. The molecule has 0 saturated carbocycles. The lowest BCUT2D eigenvalue weighted by Crippen LogP contribution is -2.37. The number of hydrogen-bond acceptors (Lipinski definition) is 2. The van der Waals surface area contributed by atoms with Crippen molar-refractivity contribution < 1.29 is 4.79 Å². The lowest BCUT2D eigenvalue weighted by atomic mass is 10.0. The second-order valence-corrected chi connectivity index (χ2v) is 4.78. The molecule has 3 nitrogen and oxygen atoms in total. The molecule has 0 spiro atoms. The van der Waals surface area contributed by atoms with E-state index in [0.717, 1.165) is 6.54 Å². The van der Waals surface area contributed by atoms with Crippen LogP contribution in [0, 0.1) is 11.8 Å². The van der Waals surface area contributed by atoms with Crippen LogP contribution < -0.4 is 5.73 Å². The highest BCUT2D eigenvalue weighted by molar-refractivity contribution is 5.76. The second kappa shape index (κ2) is 6.02. The third-order valence-corrected chi connectivity index (χ3v) is 2.33. The highest BCUT2D eigenvalue weighted by Crippen LogP contribution is 2.06. The zero-order chi connectivity index (χ0) is 11.3. The lowest BCUT2D eigenvalue weighted by molar-refractivity contribution is -0.130. The van der Waals surface area contributed by atoms with Gasteiger partial charge < -0.3 is 10.6 Å². The molecule has 1 atom stereocenters. The molecule has 0 aromatic heterocycles. The molecule has 2 N–H and O–H groups in total. The van der Waals surface area contributed by atoms with E-state index in [0.29, 0.717) is 18.3 Å². The summed E-state index contributed by atoms with van der Waals surface area (Å²) in [5.74, 6) is 1.03. The van der Waals surface area contributed by atoms with Gasteiger partial charge in [0.1, 0.15) is 0 Å². The molecule has 0 aliphatic carbocycles. The van der Waals surface area contributed by atoms with Gasteiger partial charge in [-0.15, -0.1) is 0 Å². The van der Waals surface area contributed by atoms with Gasteiger partial charge in [0.2, 0.25) is 5.91 Å². The minimum Gasteiger partial charge on any atom is -0.345 e. The van der Waals surface area contributed by atoms with Crippen LogP contribution in [0.1, 0.15) is 34.1 Å². The Bertz CT molecular complexity index is 178. The van der Waals surface area contributed by atoms with Crippen LogP contribution in [0.25, 0.3) is 0 Å². The third-order valence-electron chi connectivity index (χ3n) is 2.33. The van der Waals surface area contributed by atoms with Crippen molar-refractivity contribution in [1.82, 2.24) is 4.90 Å². The summed E-state index contributed by atoms with van der Waals surface area (Å²) in [6, 6.07) is -0.0166. The van der Waals surface area contributed by atoms with Crippen molar-refractivity contribution in [3.63, 3.8) is 0 Å². The summed E-state index contributed by atoms with van der Waals surface area (Å²) in [5, 5.41) is 0. The zero-order valence-electron chi connectivity index (χ0n) is 10.1. The largest absolute Gasteiger partial charge is 0.345 e. The molecule has 1 amide bonds. The van der Waals surface area contributed by atoms with Crippen molar-refractivity contribution in [2.24, 2.45) is 17.6 Å². The Morgan fingerprint density at radius 2 is 1.79 bits per heavy atom. The van der Waals surface area contributed by atoms with Crippen LogP contribution in [0.2, 0.25) is 0 Å². The smallest absolute Gasteiger partial charge is 0.223 e. The molecule has 14 heavy (non-hydrogen) atoms. The summed E-state index contributed by atoms with van der Waals surface area (Å²) in [6.07, 6.45) is 0.459. The molecule has 0 saturated heterocycles. The van der Waals surface area contributed by atoms with Gasteiger partial charge in [-0.05, 0) is 11.8 Å². The fraction of sp³-hybridized carbons (Fsp3) is 0.909.